The minimum absolute atomic E-state index is 0.0533. The molecule has 0 aromatic carbocycles. The fraction of sp³-hybridized carbons (Fsp3) is 0.800. The Hall–Kier alpha value is -1.98. The highest BCUT2D eigenvalue weighted by atomic mass is 16.5. The smallest absolute Gasteiger partial charge is 0.305 e. The first kappa shape index (κ1) is 27.1. The lowest BCUT2D eigenvalue weighted by molar-refractivity contribution is -0.169. The minimum Gasteiger partial charge on any atom is -0.469 e. The molecule has 0 aromatic heterocycles. The van der Waals surface area contributed by atoms with Gasteiger partial charge < -0.3 is 9.47 Å². The first-order valence-electron chi connectivity index (χ1n) is 13.7. The van der Waals surface area contributed by atoms with Crippen LogP contribution < -0.4 is 0 Å². The predicted octanol–water partition coefficient (Wildman–Crippen LogP) is 5.61. The Labute approximate surface area is 215 Å². The molecule has 0 radical (unpaired) electrons. The Morgan fingerprint density at radius 1 is 1.00 bits per heavy atom. The Morgan fingerprint density at radius 3 is 2.28 bits per heavy atom. The van der Waals surface area contributed by atoms with Crippen molar-refractivity contribution in [1.29, 1.82) is 0 Å². The molecule has 4 rings (SSSR count). The number of fused-ring (bicyclic) bond motifs is 4. The van der Waals surface area contributed by atoms with Gasteiger partial charge in [-0.2, -0.15) is 0 Å². The van der Waals surface area contributed by atoms with E-state index >= 15 is 0 Å². The Morgan fingerprint density at radius 2 is 1.67 bits per heavy atom. The normalized spacial score (nSPS) is 40.2. The van der Waals surface area contributed by atoms with Gasteiger partial charge in [0, 0.05) is 53.6 Å². The third kappa shape index (κ3) is 3.72. The van der Waals surface area contributed by atoms with Crippen molar-refractivity contribution < 1.29 is 28.7 Å². The molecule has 0 N–H and O–H groups in total. The molecule has 0 heterocycles. The summed E-state index contributed by atoms with van der Waals surface area (Å²) < 4.78 is 10.6. The third-order valence-electron chi connectivity index (χ3n) is 11.3. The van der Waals surface area contributed by atoms with Crippen LogP contribution in [-0.4, -0.2) is 36.7 Å². The van der Waals surface area contributed by atoms with Crippen LogP contribution in [0.5, 0.6) is 0 Å². The fourth-order valence-electron chi connectivity index (χ4n) is 9.15. The number of hydrogen-bond acceptors (Lipinski definition) is 6. The van der Waals surface area contributed by atoms with Gasteiger partial charge in [-0.25, -0.2) is 0 Å². The van der Waals surface area contributed by atoms with E-state index in [1.807, 2.05) is 0 Å². The Bertz CT molecular complexity index is 1020. The average Bonchev–Trinajstić information content (AvgIpc) is 3.06. The van der Waals surface area contributed by atoms with Crippen molar-refractivity contribution in [1.82, 2.24) is 0 Å². The van der Waals surface area contributed by atoms with E-state index in [1.54, 1.807) is 0 Å². The topological polar surface area (TPSA) is 86.7 Å². The highest BCUT2D eigenvalue weighted by Crippen LogP contribution is 2.71. The van der Waals surface area contributed by atoms with Crippen LogP contribution >= 0.6 is 0 Å². The number of Topliss-reactive ketones (excluding diaryl/α,β-unsaturated/α-hetero) is 2. The summed E-state index contributed by atoms with van der Waals surface area (Å²) in [6.45, 7) is 14.4. The molecule has 0 saturated heterocycles. The number of carbonyl (C=O) groups excluding carboxylic acids is 4. The van der Waals surface area contributed by atoms with Crippen LogP contribution in [0, 0.1) is 39.4 Å². The van der Waals surface area contributed by atoms with Gasteiger partial charge in [-0.05, 0) is 55.3 Å². The lowest BCUT2D eigenvalue weighted by Gasteiger charge is -2.60. The van der Waals surface area contributed by atoms with Crippen LogP contribution in [0.2, 0.25) is 0 Å². The van der Waals surface area contributed by atoms with Crippen LogP contribution in [0.25, 0.3) is 0 Å². The predicted molar refractivity (Wildman–Crippen MR) is 136 cm³/mol. The highest BCUT2D eigenvalue weighted by Gasteiger charge is 2.67. The zero-order valence-electron chi connectivity index (χ0n) is 23.4. The third-order valence-corrected chi connectivity index (χ3v) is 11.3. The highest BCUT2D eigenvalue weighted by molar-refractivity contribution is 6.11. The largest absolute Gasteiger partial charge is 0.469 e. The molecule has 6 heteroatoms. The summed E-state index contributed by atoms with van der Waals surface area (Å²) in [5.41, 5.74) is 0.0872. The summed E-state index contributed by atoms with van der Waals surface area (Å²) in [4.78, 5) is 51.7. The maximum absolute atomic E-state index is 14.1. The second kappa shape index (κ2) is 8.80. The van der Waals surface area contributed by atoms with Crippen LogP contribution in [0.1, 0.15) is 99.8 Å². The summed E-state index contributed by atoms with van der Waals surface area (Å²) in [5, 5.41) is 0. The van der Waals surface area contributed by atoms with Crippen LogP contribution in [0.15, 0.2) is 11.1 Å². The summed E-state index contributed by atoms with van der Waals surface area (Å²) in [6.07, 6.45) is 4.95. The number of allylic oxidation sites excluding steroid dienone is 2. The zero-order valence-corrected chi connectivity index (χ0v) is 23.4. The Balaban J connectivity index is 1.74. The summed E-state index contributed by atoms with van der Waals surface area (Å²) >= 11 is 0. The molecule has 2 fully saturated rings. The lowest BCUT2D eigenvalue weighted by Crippen LogP contribution is -2.59. The van der Waals surface area contributed by atoms with Crippen molar-refractivity contribution >= 4 is 23.5 Å². The zero-order chi connectivity index (χ0) is 26.8. The number of ketones is 2. The van der Waals surface area contributed by atoms with E-state index in [2.05, 4.69) is 41.5 Å². The lowest BCUT2D eigenvalue weighted by atomic mass is 9.42. The van der Waals surface area contributed by atoms with Crippen molar-refractivity contribution in [2.75, 3.05) is 7.11 Å². The SMILES string of the molecule is COC(=O)CCC(C)C1CCC2(C)C3=C(C(=O)CC12C)C1(C)CCC(OC(C)=O)C(C)(C)C1CC3=O. The van der Waals surface area contributed by atoms with Crippen LogP contribution in [0.4, 0.5) is 0 Å². The molecule has 0 aromatic rings. The molecule has 36 heavy (non-hydrogen) atoms. The summed E-state index contributed by atoms with van der Waals surface area (Å²) in [6, 6.07) is 0. The van der Waals surface area contributed by atoms with Gasteiger partial charge in [0.05, 0.1) is 7.11 Å². The van der Waals surface area contributed by atoms with Crippen molar-refractivity contribution in [3.63, 3.8) is 0 Å². The minimum atomic E-state index is -0.407. The standard InChI is InChI=1S/C30H44O6/c1-17(9-10-24(34)35-8)19-11-14-29(6)26-20(32)15-22-27(3,4)23(36-18(2)31)12-13-28(22,5)25(26)21(33)16-30(19,29)7/h17,19,22-23H,9-16H2,1-8H3. The number of esters is 2. The molecule has 7 unspecified atom stereocenters. The fourth-order valence-corrected chi connectivity index (χ4v) is 9.15. The van der Waals surface area contributed by atoms with Gasteiger partial charge in [0.2, 0.25) is 0 Å². The number of carbonyl (C=O) groups is 4. The maximum atomic E-state index is 14.1. The van der Waals surface area contributed by atoms with E-state index in [-0.39, 0.29) is 58.2 Å². The van der Waals surface area contributed by atoms with Gasteiger partial charge in [0.15, 0.2) is 11.6 Å². The molecule has 200 valence electrons. The molecule has 7 atom stereocenters. The molecular weight excluding hydrogens is 456 g/mol. The van der Waals surface area contributed by atoms with Gasteiger partial charge in [-0.1, -0.05) is 41.5 Å². The van der Waals surface area contributed by atoms with Crippen LogP contribution in [0.3, 0.4) is 0 Å². The monoisotopic (exact) mass is 500 g/mol. The van der Waals surface area contributed by atoms with Crippen LogP contribution in [-0.2, 0) is 28.7 Å². The molecule has 0 aliphatic heterocycles. The van der Waals surface area contributed by atoms with E-state index in [0.717, 1.165) is 36.8 Å². The number of hydrogen-bond donors (Lipinski definition) is 0. The molecule has 0 amide bonds. The van der Waals surface area contributed by atoms with Gasteiger partial charge in [0.1, 0.15) is 6.10 Å². The Kier molecular flexibility index (Phi) is 6.62. The molecule has 4 aliphatic carbocycles. The summed E-state index contributed by atoms with van der Waals surface area (Å²) in [5.74, 6) is 0.195. The van der Waals surface area contributed by atoms with E-state index < -0.39 is 10.8 Å². The maximum Gasteiger partial charge on any atom is 0.305 e. The van der Waals surface area contributed by atoms with E-state index in [9.17, 15) is 19.2 Å². The molecule has 2 saturated carbocycles. The first-order chi connectivity index (χ1) is 16.6. The first-order valence-corrected chi connectivity index (χ1v) is 13.7. The second-order valence-corrected chi connectivity index (χ2v) is 13.4. The number of rotatable bonds is 5. The number of ether oxygens (including phenoxy) is 2. The average molecular weight is 501 g/mol. The van der Waals surface area contributed by atoms with E-state index in [1.165, 1.54) is 14.0 Å². The molecule has 0 bridgehead atoms. The van der Waals surface area contributed by atoms with E-state index in [0.29, 0.717) is 25.7 Å². The molecule has 4 aliphatic rings. The van der Waals surface area contributed by atoms with E-state index in [4.69, 9.17) is 9.47 Å². The van der Waals surface area contributed by atoms with Gasteiger partial charge in [-0.15, -0.1) is 0 Å². The van der Waals surface area contributed by atoms with Gasteiger partial charge in [0.25, 0.3) is 0 Å². The second-order valence-electron chi connectivity index (χ2n) is 13.4. The van der Waals surface area contributed by atoms with Crippen molar-refractivity contribution in [3.8, 4) is 0 Å². The van der Waals surface area contributed by atoms with Gasteiger partial charge >= 0.3 is 11.9 Å². The molecular formula is C30H44O6. The van der Waals surface area contributed by atoms with Crippen molar-refractivity contribution in [2.45, 2.75) is 106 Å². The van der Waals surface area contributed by atoms with Crippen molar-refractivity contribution in [2.24, 2.45) is 39.4 Å². The summed E-state index contributed by atoms with van der Waals surface area (Å²) in [7, 11) is 1.41. The van der Waals surface area contributed by atoms with Gasteiger partial charge in [-0.3, -0.25) is 19.2 Å². The number of methoxy groups -OCH3 is 1. The quantitative estimate of drug-likeness (QED) is 0.456. The molecule has 0 spiro atoms. The molecule has 6 nitrogen and oxygen atoms in total. The van der Waals surface area contributed by atoms with Crippen molar-refractivity contribution in [3.05, 3.63) is 11.1 Å².